The highest BCUT2D eigenvalue weighted by Crippen LogP contribution is 2.23. The molecule has 0 aliphatic carbocycles. The maximum absolute atomic E-state index is 13.1. The van der Waals surface area contributed by atoms with Crippen LogP contribution in [0.5, 0.6) is 0 Å². The third-order valence-corrected chi connectivity index (χ3v) is 6.61. The number of aliphatic carboxylic acids is 1. The Morgan fingerprint density at radius 1 is 0.971 bits per heavy atom. The lowest BCUT2D eigenvalue weighted by atomic mass is 9.98. The van der Waals surface area contributed by atoms with Gasteiger partial charge in [-0.2, -0.15) is 0 Å². The highest BCUT2D eigenvalue weighted by Gasteiger charge is 2.23. The normalized spacial score (nSPS) is 14.8. The van der Waals surface area contributed by atoms with E-state index in [1.54, 1.807) is 18.2 Å². The number of hydrogen-bond acceptors (Lipinski definition) is 4. The van der Waals surface area contributed by atoms with Gasteiger partial charge < -0.3 is 21.1 Å². The van der Waals surface area contributed by atoms with Crippen LogP contribution in [0.15, 0.2) is 72.8 Å². The summed E-state index contributed by atoms with van der Waals surface area (Å²) >= 11 is 6.17. The first-order valence-electron chi connectivity index (χ1n) is 11.9. The highest BCUT2D eigenvalue weighted by molar-refractivity contribution is 6.31. The number of carboxylic acid groups (broad SMARTS) is 1. The van der Waals surface area contributed by atoms with E-state index in [1.165, 1.54) is 0 Å². The van der Waals surface area contributed by atoms with Crippen LogP contribution < -0.4 is 16.0 Å². The summed E-state index contributed by atoms with van der Waals surface area (Å²) in [6.45, 7) is 2.74. The Hall–Kier alpha value is -3.35. The van der Waals surface area contributed by atoms with Gasteiger partial charge in [0.15, 0.2) is 0 Å². The first-order chi connectivity index (χ1) is 17.0. The Morgan fingerprint density at radius 2 is 1.66 bits per heavy atom. The van der Waals surface area contributed by atoms with E-state index in [9.17, 15) is 14.7 Å². The van der Waals surface area contributed by atoms with Gasteiger partial charge in [0, 0.05) is 23.7 Å². The van der Waals surface area contributed by atoms with E-state index in [2.05, 4.69) is 16.0 Å². The summed E-state index contributed by atoms with van der Waals surface area (Å²) in [6, 6.07) is 21.7. The third-order valence-electron chi connectivity index (χ3n) is 6.37. The highest BCUT2D eigenvalue weighted by atomic mass is 35.5. The van der Waals surface area contributed by atoms with Gasteiger partial charge in [-0.1, -0.05) is 66.2 Å². The summed E-state index contributed by atoms with van der Waals surface area (Å²) in [6.07, 6.45) is 2.33. The molecule has 0 spiro atoms. The fourth-order valence-electron chi connectivity index (χ4n) is 4.33. The summed E-state index contributed by atoms with van der Waals surface area (Å²) in [5, 5.41) is 19.6. The zero-order chi connectivity index (χ0) is 24.6. The smallest absolute Gasteiger partial charge is 0.326 e. The monoisotopic (exact) mass is 491 g/mol. The molecular weight excluding hydrogens is 462 g/mol. The minimum absolute atomic E-state index is 0.175. The average Bonchev–Trinajstić information content (AvgIpc) is 2.89. The summed E-state index contributed by atoms with van der Waals surface area (Å²) in [4.78, 5) is 25.1. The Kier molecular flexibility index (Phi) is 8.40. The number of rotatable bonds is 9. The van der Waals surface area contributed by atoms with Crippen LogP contribution in [0, 0.1) is 5.92 Å². The molecule has 0 unspecified atom stereocenters. The second-order valence-electron chi connectivity index (χ2n) is 8.90. The van der Waals surface area contributed by atoms with Crippen molar-refractivity contribution in [3.63, 3.8) is 0 Å². The first-order valence-corrected chi connectivity index (χ1v) is 12.3. The van der Waals surface area contributed by atoms with Gasteiger partial charge >= 0.3 is 5.97 Å². The molecule has 35 heavy (non-hydrogen) atoms. The van der Waals surface area contributed by atoms with Gasteiger partial charge in [-0.05, 0) is 66.7 Å². The second-order valence-corrected chi connectivity index (χ2v) is 9.33. The Balaban J connectivity index is 1.44. The fraction of sp³-hybridized carbons (Fsp3) is 0.286. The number of carboxylic acids is 1. The molecule has 1 atom stereocenters. The van der Waals surface area contributed by atoms with Gasteiger partial charge in [0.1, 0.15) is 6.04 Å². The van der Waals surface area contributed by atoms with Gasteiger partial charge in [0.2, 0.25) is 0 Å². The second kappa shape index (κ2) is 11.9. The zero-order valence-electron chi connectivity index (χ0n) is 19.5. The van der Waals surface area contributed by atoms with Crippen molar-refractivity contribution in [1.29, 1.82) is 0 Å². The van der Waals surface area contributed by atoms with E-state index in [-0.39, 0.29) is 6.42 Å². The topological polar surface area (TPSA) is 90.5 Å². The molecule has 6 nitrogen and oxygen atoms in total. The number of amides is 1. The summed E-state index contributed by atoms with van der Waals surface area (Å²) in [5.41, 5.74) is 3.97. The number of nitrogens with one attached hydrogen (secondary N) is 3. The van der Waals surface area contributed by atoms with Crippen LogP contribution in [0.3, 0.4) is 0 Å². The van der Waals surface area contributed by atoms with E-state index >= 15 is 0 Å². The minimum atomic E-state index is -1.09. The minimum Gasteiger partial charge on any atom is -0.480 e. The van der Waals surface area contributed by atoms with Crippen molar-refractivity contribution in [2.45, 2.75) is 25.3 Å². The van der Waals surface area contributed by atoms with Crippen LogP contribution in [0.1, 0.15) is 28.8 Å². The van der Waals surface area contributed by atoms with Crippen LogP contribution in [0.25, 0.3) is 11.1 Å². The molecule has 3 aromatic rings. The van der Waals surface area contributed by atoms with Gasteiger partial charge in [-0.15, -0.1) is 0 Å². The molecule has 1 fully saturated rings. The number of benzene rings is 3. The molecule has 4 N–H and O–H groups in total. The molecule has 0 radical (unpaired) electrons. The predicted molar refractivity (Wildman–Crippen MR) is 140 cm³/mol. The van der Waals surface area contributed by atoms with Crippen LogP contribution in [0.2, 0.25) is 5.02 Å². The number of carbonyl (C=O) groups excluding carboxylic acids is 1. The van der Waals surface area contributed by atoms with E-state index in [1.807, 2.05) is 54.6 Å². The Morgan fingerprint density at radius 3 is 2.34 bits per heavy atom. The molecular formula is C28H30ClN3O3. The van der Waals surface area contributed by atoms with Crippen molar-refractivity contribution >= 4 is 29.2 Å². The molecule has 7 heteroatoms. The quantitative estimate of drug-likeness (QED) is 0.344. The largest absolute Gasteiger partial charge is 0.480 e. The maximum Gasteiger partial charge on any atom is 0.326 e. The van der Waals surface area contributed by atoms with Crippen molar-refractivity contribution < 1.29 is 14.7 Å². The Bertz CT molecular complexity index is 1150. The molecule has 3 aromatic carbocycles. The zero-order valence-corrected chi connectivity index (χ0v) is 20.2. The molecule has 1 amide bonds. The van der Waals surface area contributed by atoms with E-state index in [0.29, 0.717) is 22.2 Å². The van der Waals surface area contributed by atoms with Gasteiger partial charge in [-0.25, -0.2) is 4.79 Å². The predicted octanol–water partition coefficient (Wildman–Crippen LogP) is 4.84. The lowest BCUT2D eigenvalue weighted by Crippen LogP contribution is -2.42. The first kappa shape index (κ1) is 24.8. The number of halogens is 1. The molecule has 0 bridgehead atoms. The van der Waals surface area contributed by atoms with Gasteiger partial charge in [-0.3, -0.25) is 4.79 Å². The lowest BCUT2D eigenvalue weighted by molar-refractivity contribution is -0.139. The summed E-state index contributed by atoms with van der Waals surface area (Å²) in [7, 11) is 0. The van der Waals surface area contributed by atoms with Crippen molar-refractivity contribution in [2.24, 2.45) is 5.92 Å². The third kappa shape index (κ3) is 6.84. The molecule has 0 aromatic heterocycles. The molecule has 182 valence electrons. The van der Waals surface area contributed by atoms with Crippen LogP contribution in [0.4, 0.5) is 5.69 Å². The number of hydrogen-bond donors (Lipinski definition) is 4. The van der Waals surface area contributed by atoms with Crippen LogP contribution in [-0.4, -0.2) is 42.7 Å². The average molecular weight is 492 g/mol. The van der Waals surface area contributed by atoms with E-state index in [4.69, 9.17) is 11.6 Å². The fourth-order valence-corrected chi connectivity index (χ4v) is 4.51. The van der Waals surface area contributed by atoms with E-state index < -0.39 is 17.9 Å². The molecule has 1 aliphatic heterocycles. The molecule has 4 rings (SSSR count). The van der Waals surface area contributed by atoms with Crippen molar-refractivity contribution in [2.75, 3.05) is 25.0 Å². The SMILES string of the molecule is O=C(N[C@@H](Cc1ccc(-c2ccccc2)cc1)C(=O)O)c1cc(Cl)ccc1NCC1CCNCC1. The summed E-state index contributed by atoms with van der Waals surface area (Å²) < 4.78 is 0. The number of piperidine rings is 1. The van der Waals surface area contributed by atoms with Crippen molar-refractivity contribution in [1.82, 2.24) is 10.6 Å². The van der Waals surface area contributed by atoms with Gasteiger partial charge in [0.25, 0.3) is 5.91 Å². The number of anilines is 1. The lowest BCUT2D eigenvalue weighted by Gasteiger charge is -2.24. The molecule has 1 heterocycles. The van der Waals surface area contributed by atoms with Crippen LogP contribution in [-0.2, 0) is 11.2 Å². The van der Waals surface area contributed by atoms with Crippen LogP contribution >= 0.6 is 11.6 Å². The molecule has 1 aliphatic rings. The summed E-state index contributed by atoms with van der Waals surface area (Å²) in [5.74, 6) is -1.03. The standard InChI is InChI=1S/C28H30ClN3O3/c29-23-10-11-25(31-18-20-12-14-30-15-13-20)24(17-23)27(33)32-26(28(34)35)16-19-6-8-22(9-7-19)21-4-2-1-3-5-21/h1-11,17,20,26,30-31H,12-16,18H2,(H,32,33)(H,34,35)/t26-/m0/s1. The maximum atomic E-state index is 13.1. The van der Waals surface area contributed by atoms with E-state index in [0.717, 1.165) is 49.2 Å². The van der Waals surface area contributed by atoms with Crippen molar-refractivity contribution in [3.05, 3.63) is 88.9 Å². The van der Waals surface area contributed by atoms with Gasteiger partial charge in [0.05, 0.1) is 5.56 Å². The Labute approximate surface area is 210 Å². The molecule has 0 saturated carbocycles. The molecule has 1 saturated heterocycles. The number of carbonyl (C=O) groups is 2. The van der Waals surface area contributed by atoms with Crippen molar-refractivity contribution in [3.8, 4) is 11.1 Å².